The molecule has 0 spiro atoms. The van der Waals surface area contributed by atoms with Gasteiger partial charge in [-0.2, -0.15) is 18.3 Å². The molecule has 0 aliphatic rings. The number of carboxylic acids is 1. The Kier molecular flexibility index (Phi) is 4.90. The number of rotatable bonds is 6. The number of alkyl halides is 3. The first kappa shape index (κ1) is 15.0. The summed E-state index contributed by atoms with van der Waals surface area (Å²) in [4.78, 5) is 22.3. The lowest BCUT2D eigenvalue weighted by molar-refractivity contribution is -0.165. The quantitative estimate of drug-likeness (QED) is 0.833. The monoisotopic (exact) mass is 279 g/mol. The predicted molar refractivity (Wildman–Crippen MR) is 57.1 cm³/mol. The van der Waals surface area contributed by atoms with Gasteiger partial charge in [-0.05, 0) is 6.07 Å². The van der Waals surface area contributed by atoms with E-state index in [9.17, 15) is 22.8 Å². The summed E-state index contributed by atoms with van der Waals surface area (Å²) < 4.78 is 38.1. The third-order valence-electron chi connectivity index (χ3n) is 2.16. The van der Waals surface area contributed by atoms with Crippen molar-refractivity contribution < 1.29 is 27.9 Å². The summed E-state index contributed by atoms with van der Waals surface area (Å²) >= 11 is 0. The van der Waals surface area contributed by atoms with E-state index in [4.69, 9.17) is 5.11 Å². The Morgan fingerprint density at radius 3 is 2.53 bits per heavy atom. The zero-order valence-corrected chi connectivity index (χ0v) is 9.80. The molecule has 0 fully saturated rings. The molecule has 0 bridgehead atoms. The normalized spacial score (nSPS) is 11.3. The van der Waals surface area contributed by atoms with Crippen molar-refractivity contribution in [2.45, 2.75) is 19.1 Å². The first-order valence-corrected chi connectivity index (χ1v) is 5.31. The molecule has 6 nitrogen and oxygen atoms in total. The highest BCUT2D eigenvalue weighted by atomic mass is 19.4. The van der Waals surface area contributed by atoms with E-state index in [1.807, 2.05) is 0 Å². The Hall–Kier alpha value is -2.06. The van der Waals surface area contributed by atoms with Gasteiger partial charge in [-0.15, -0.1) is 0 Å². The third kappa shape index (κ3) is 5.89. The number of hydrogen-bond donors (Lipinski definition) is 1. The molecular weight excluding hydrogens is 267 g/mol. The van der Waals surface area contributed by atoms with E-state index in [0.717, 1.165) is 0 Å². The molecule has 1 amide bonds. The highest BCUT2D eigenvalue weighted by molar-refractivity contribution is 5.81. The predicted octanol–water partition coefficient (Wildman–Crippen LogP) is 0.749. The van der Waals surface area contributed by atoms with Gasteiger partial charge in [0.25, 0.3) is 0 Å². The lowest BCUT2D eigenvalue weighted by Crippen LogP contribution is -2.42. The second kappa shape index (κ2) is 6.21. The van der Waals surface area contributed by atoms with Crippen molar-refractivity contribution in [3.05, 3.63) is 18.5 Å². The maximum atomic E-state index is 12.2. The van der Waals surface area contributed by atoms with Gasteiger partial charge in [-0.3, -0.25) is 14.3 Å². The molecule has 106 valence electrons. The van der Waals surface area contributed by atoms with E-state index < -0.39 is 31.1 Å². The topological polar surface area (TPSA) is 75.4 Å². The number of carboxylic acid groups (broad SMARTS) is 1. The summed E-state index contributed by atoms with van der Waals surface area (Å²) in [5.74, 6) is -2.37. The molecule has 1 heterocycles. The molecule has 0 radical (unpaired) electrons. The van der Waals surface area contributed by atoms with Crippen molar-refractivity contribution >= 4 is 11.9 Å². The average molecular weight is 279 g/mol. The van der Waals surface area contributed by atoms with Gasteiger partial charge in [0.15, 0.2) is 0 Å². The van der Waals surface area contributed by atoms with Crippen molar-refractivity contribution in [1.82, 2.24) is 14.7 Å². The molecule has 0 atom stereocenters. The van der Waals surface area contributed by atoms with Crippen LogP contribution in [0, 0.1) is 0 Å². The zero-order valence-electron chi connectivity index (χ0n) is 9.80. The van der Waals surface area contributed by atoms with Crippen LogP contribution in [0.15, 0.2) is 18.5 Å². The number of aryl methyl sites for hydroxylation is 1. The van der Waals surface area contributed by atoms with Crippen LogP contribution in [-0.2, 0) is 16.1 Å². The fourth-order valence-electron chi connectivity index (χ4n) is 1.41. The highest BCUT2D eigenvalue weighted by Gasteiger charge is 2.33. The molecule has 0 saturated heterocycles. The van der Waals surface area contributed by atoms with Gasteiger partial charge in [0.2, 0.25) is 5.91 Å². The smallest absolute Gasteiger partial charge is 0.406 e. The lowest BCUT2D eigenvalue weighted by Gasteiger charge is -2.22. The maximum Gasteiger partial charge on any atom is 0.406 e. The fourth-order valence-corrected chi connectivity index (χ4v) is 1.41. The van der Waals surface area contributed by atoms with Crippen molar-refractivity contribution in [2.75, 3.05) is 13.1 Å². The summed E-state index contributed by atoms with van der Waals surface area (Å²) in [5.41, 5.74) is 0. The first-order valence-electron chi connectivity index (χ1n) is 5.31. The summed E-state index contributed by atoms with van der Waals surface area (Å²) in [6, 6.07) is 1.61. The molecule has 1 aromatic heterocycles. The number of amides is 1. The van der Waals surface area contributed by atoms with Crippen LogP contribution in [0.2, 0.25) is 0 Å². The third-order valence-corrected chi connectivity index (χ3v) is 2.16. The van der Waals surface area contributed by atoms with Crippen LogP contribution in [0.1, 0.15) is 6.42 Å². The van der Waals surface area contributed by atoms with E-state index >= 15 is 0 Å². The van der Waals surface area contributed by atoms with E-state index in [1.54, 1.807) is 12.3 Å². The van der Waals surface area contributed by atoms with Crippen LogP contribution in [0.5, 0.6) is 0 Å². The Morgan fingerprint density at radius 2 is 2.05 bits per heavy atom. The van der Waals surface area contributed by atoms with Crippen LogP contribution >= 0.6 is 0 Å². The molecule has 1 N–H and O–H groups in total. The van der Waals surface area contributed by atoms with E-state index in [2.05, 4.69) is 5.10 Å². The first-order chi connectivity index (χ1) is 8.78. The number of hydrogen-bond acceptors (Lipinski definition) is 3. The van der Waals surface area contributed by atoms with Crippen LogP contribution in [0.3, 0.4) is 0 Å². The minimum absolute atomic E-state index is 0.0970. The van der Waals surface area contributed by atoms with Gasteiger partial charge >= 0.3 is 12.1 Å². The highest BCUT2D eigenvalue weighted by Crippen LogP contribution is 2.17. The van der Waals surface area contributed by atoms with Crippen LogP contribution in [0.25, 0.3) is 0 Å². The zero-order chi connectivity index (χ0) is 14.5. The Labute approximate surface area is 106 Å². The van der Waals surface area contributed by atoms with Crippen molar-refractivity contribution in [3.8, 4) is 0 Å². The van der Waals surface area contributed by atoms with Gasteiger partial charge in [0, 0.05) is 25.4 Å². The number of halogens is 3. The van der Waals surface area contributed by atoms with Gasteiger partial charge in [0.05, 0.1) is 0 Å². The van der Waals surface area contributed by atoms with Crippen molar-refractivity contribution in [1.29, 1.82) is 0 Å². The summed E-state index contributed by atoms with van der Waals surface area (Å²) in [7, 11) is 0. The van der Waals surface area contributed by atoms with E-state index in [1.165, 1.54) is 10.9 Å². The van der Waals surface area contributed by atoms with Crippen molar-refractivity contribution in [2.24, 2.45) is 0 Å². The van der Waals surface area contributed by atoms with Crippen LogP contribution in [0.4, 0.5) is 13.2 Å². The lowest BCUT2D eigenvalue weighted by atomic mass is 10.3. The second-order valence-corrected chi connectivity index (χ2v) is 3.78. The summed E-state index contributed by atoms with van der Waals surface area (Å²) in [5, 5.41) is 12.3. The van der Waals surface area contributed by atoms with Gasteiger partial charge in [-0.1, -0.05) is 0 Å². The Bertz CT molecular complexity index is 431. The molecule has 1 aromatic rings. The van der Waals surface area contributed by atoms with Gasteiger partial charge in [-0.25, -0.2) is 0 Å². The second-order valence-electron chi connectivity index (χ2n) is 3.78. The molecule has 0 aliphatic carbocycles. The molecule has 0 aromatic carbocycles. The Balaban J connectivity index is 2.57. The fraction of sp³-hybridized carbons (Fsp3) is 0.500. The molecular formula is C10H12F3N3O3. The molecule has 0 unspecified atom stereocenters. The summed E-state index contributed by atoms with van der Waals surface area (Å²) in [6.07, 6.45) is -1.85. The minimum Gasteiger partial charge on any atom is -0.480 e. The van der Waals surface area contributed by atoms with Gasteiger partial charge in [0.1, 0.15) is 13.1 Å². The molecule has 0 saturated carbocycles. The average Bonchev–Trinajstić information content (AvgIpc) is 2.75. The molecule has 0 aliphatic heterocycles. The Morgan fingerprint density at radius 1 is 1.37 bits per heavy atom. The van der Waals surface area contributed by atoms with E-state index in [0.29, 0.717) is 0 Å². The number of carbonyl (C=O) groups is 2. The van der Waals surface area contributed by atoms with Crippen LogP contribution in [-0.4, -0.2) is 50.9 Å². The van der Waals surface area contributed by atoms with Gasteiger partial charge < -0.3 is 10.0 Å². The number of aliphatic carboxylic acids is 1. The van der Waals surface area contributed by atoms with E-state index in [-0.39, 0.29) is 17.9 Å². The SMILES string of the molecule is O=C(O)CN(CC(F)(F)F)C(=O)CCn1cccn1. The molecule has 9 heteroatoms. The molecule has 1 rings (SSSR count). The minimum atomic E-state index is -4.63. The molecule has 19 heavy (non-hydrogen) atoms. The van der Waals surface area contributed by atoms with Crippen molar-refractivity contribution in [3.63, 3.8) is 0 Å². The number of aromatic nitrogens is 2. The number of nitrogens with zero attached hydrogens (tertiary/aromatic N) is 3. The maximum absolute atomic E-state index is 12.2. The largest absolute Gasteiger partial charge is 0.480 e. The van der Waals surface area contributed by atoms with Crippen LogP contribution < -0.4 is 0 Å². The summed E-state index contributed by atoms with van der Waals surface area (Å²) in [6.45, 7) is -2.45. The standard InChI is InChI=1S/C10H12F3N3O3/c11-10(12,13)7-15(6-9(18)19)8(17)2-5-16-4-1-3-14-16/h1,3-4H,2,5-7H2,(H,18,19). The number of carbonyl (C=O) groups excluding carboxylic acids is 1.